The van der Waals surface area contributed by atoms with Crippen LogP contribution in [0.3, 0.4) is 0 Å². The number of nitro groups is 1. The topological polar surface area (TPSA) is 128 Å². The molecular weight excluding hydrogens is 414 g/mol. The van der Waals surface area contributed by atoms with Crippen LogP contribution in [0, 0.1) is 17.0 Å². The number of nitro benzene ring substituents is 1. The fourth-order valence-corrected chi connectivity index (χ4v) is 4.32. The molecular formula is C19H21N3O7S. The van der Waals surface area contributed by atoms with E-state index < -0.39 is 26.9 Å². The monoisotopic (exact) mass is 435 g/mol. The zero-order valence-electron chi connectivity index (χ0n) is 16.6. The molecule has 160 valence electrons. The van der Waals surface area contributed by atoms with E-state index in [1.807, 2.05) is 0 Å². The molecule has 1 aliphatic rings. The molecule has 1 aliphatic heterocycles. The first-order chi connectivity index (χ1) is 14.1. The van der Waals surface area contributed by atoms with Gasteiger partial charge >= 0.3 is 0 Å². The molecule has 2 aromatic carbocycles. The highest BCUT2D eigenvalue weighted by atomic mass is 32.2. The van der Waals surface area contributed by atoms with Crippen LogP contribution < -0.4 is 19.1 Å². The lowest BCUT2D eigenvalue weighted by Crippen LogP contribution is -2.45. The molecule has 1 heterocycles. The molecule has 0 saturated heterocycles. The second-order valence-corrected chi connectivity index (χ2v) is 8.67. The van der Waals surface area contributed by atoms with Crippen molar-refractivity contribution in [1.82, 2.24) is 0 Å². The molecule has 0 spiro atoms. The number of carbonyl (C=O) groups excluding carboxylic acids is 1. The number of hydrogen-bond donors (Lipinski definition) is 1. The fourth-order valence-electron chi connectivity index (χ4n) is 3.10. The van der Waals surface area contributed by atoms with Gasteiger partial charge in [-0.25, -0.2) is 8.42 Å². The summed E-state index contributed by atoms with van der Waals surface area (Å²) in [6, 6.07) is 7.53. The highest BCUT2D eigenvalue weighted by Crippen LogP contribution is 2.33. The second kappa shape index (κ2) is 8.19. The predicted molar refractivity (Wildman–Crippen MR) is 111 cm³/mol. The van der Waals surface area contributed by atoms with Crippen LogP contribution in [0.5, 0.6) is 11.5 Å². The Balaban J connectivity index is 1.91. The molecule has 0 aromatic heterocycles. The number of anilines is 2. The lowest BCUT2D eigenvalue weighted by molar-refractivity contribution is -0.384. The molecule has 10 nitrogen and oxygen atoms in total. The van der Waals surface area contributed by atoms with E-state index in [2.05, 4.69) is 5.32 Å². The number of ether oxygens (including phenoxy) is 2. The maximum absolute atomic E-state index is 12.8. The van der Waals surface area contributed by atoms with E-state index in [1.165, 1.54) is 19.1 Å². The summed E-state index contributed by atoms with van der Waals surface area (Å²) in [5.41, 5.74) is 0.672. The van der Waals surface area contributed by atoms with Crippen LogP contribution in [0.1, 0.15) is 12.5 Å². The number of aryl methyl sites for hydroxylation is 1. The molecule has 3 rings (SSSR count). The fraction of sp³-hybridized carbons (Fsp3) is 0.316. The maximum Gasteiger partial charge on any atom is 0.271 e. The number of sulfonamides is 1. The number of carbonyl (C=O) groups is 1. The SMILES string of the molecule is Cc1ccc([N+](=O)[O-])cc1N([C@@H](C)C(=O)Nc1ccc2c(c1)OCCO2)S(C)(=O)=O. The third kappa shape index (κ3) is 4.46. The summed E-state index contributed by atoms with van der Waals surface area (Å²) in [5, 5.41) is 13.8. The Hall–Kier alpha value is -3.34. The Morgan fingerprint density at radius 2 is 1.83 bits per heavy atom. The lowest BCUT2D eigenvalue weighted by Gasteiger charge is -2.29. The molecule has 2 aromatic rings. The molecule has 30 heavy (non-hydrogen) atoms. The maximum atomic E-state index is 12.8. The van der Waals surface area contributed by atoms with Crippen molar-refractivity contribution < 1.29 is 27.6 Å². The van der Waals surface area contributed by atoms with E-state index in [0.717, 1.165) is 16.6 Å². The van der Waals surface area contributed by atoms with Gasteiger partial charge in [0.25, 0.3) is 5.69 Å². The molecule has 0 saturated carbocycles. The molecule has 1 amide bonds. The summed E-state index contributed by atoms with van der Waals surface area (Å²) in [5.74, 6) is 0.418. The Labute approximate surface area is 173 Å². The standard InChI is InChI=1S/C19H21N3O7S/c1-12-4-6-15(22(24)25)11-16(12)21(30(3,26)27)13(2)19(23)20-14-5-7-17-18(10-14)29-9-8-28-17/h4-7,10-11,13H,8-9H2,1-3H3,(H,20,23)/t13-/m0/s1. The van der Waals surface area contributed by atoms with Gasteiger partial charge in [-0.1, -0.05) is 6.07 Å². The van der Waals surface area contributed by atoms with Gasteiger partial charge in [0.2, 0.25) is 15.9 Å². The van der Waals surface area contributed by atoms with Crippen LogP contribution in [-0.4, -0.2) is 44.8 Å². The predicted octanol–water partition coefficient (Wildman–Crippen LogP) is 2.47. The molecule has 1 N–H and O–H groups in total. The van der Waals surface area contributed by atoms with Crippen LogP contribution in [0.4, 0.5) is 17.1 Å². The van der Waals surface area contributed by atoms with Crippen molar-refractivity contribution in [2.75, 3.05) is 29.1 Å². The Kier molecular flexibility index (Phi) is 5.83. The molecule has 0 radical (unpaired) electrons. The van der Waals surface area contributed by atoms with E-state index in [-0.39, 0.29) is 11.4 Å². The van der Waals surface area contributed by atoms with Crippen molar-refractivity contribution in [3.8, 4) is 11.5 Å². The minimum Gasteiger partial charge on any atom is -0.486 e. The minimum absolute atomic E-state index is 0.0662. The molecule has 1 atom stereocenters. The summed E-state index contributed by atoms with van der Waals surface area (Å²) in [6.45, 7) is 3.84. The van der Waals surface area contributed by atoms with Gasteiger partial charge in [0.05, 0.1) is 16.9 Å². The van der Waals surface area contributed by atoms with Gasteiger partial charge in [-0.05, 0) is 31.5 Å². The van der Waals surface area contributed by atoms with Gasteiger partial charge < -0.3 is 14.8 Å². The van der Waals surface area contributed by atoms with Crippen LogP contribution in [-0.2, 0) is 14.8 Å². The van der Waals surface area contributed by atoms with Crippen molar-refractivity contribution in [1.29, 1.82) is 0 Å². The minimum atomic E-state index is -3.93. The average molecular weight is 435 g/mol. The van der Waals surface area contributed by atoms with Gasteiger partial charge in [-0.15, -0.1) is 0 Å². The zero-order chi connectivity index (χ0) is 22.1. The number of non-ortho nitro benzene ring substituents is 1. The zero-order valence-corrected chi connectivity index (χ0v) is 17.4. The summed E-state index contributed by atoms with van der Waals surface area (Å²) < 4.78 is 36.8. The van der Waals surface area contributed by atoms with E-state index in [4.69, 9.17) is 9.47 Å². The number of amides is 1. The van der Waals surface area contributed by atoms with E-state index in [1.54, 1.807) is 25.1 Å². The normalized spacial score (nSPS) is 14.0. The van der Waals surface area contributed by atoms with Crippen molar-refractivity contribution in [3.63, 3.8) is 0 Å². The van der Waals surface area contributed by atoms with Crippen LogP contribution in [0.25, 0.3) is 0 Å². The van der Waals surface area contributed by atoms with Crippen molar-refractivity contribution in [3.05, 3.63) is 52.1 Å². The largest absolute Gasteiger partial charge is 0.486 e. The van der Waals surface area contributed by atoms with Crippen LogP contribution in [0.15, 0.2) is 36.4 Å². The third-order valence-electron chi connectivity index (χ3n) is 4.54. The number of hydrogen-bond acceptors (Lipinski definition) is 7. The Morgan fingerprint density at radius 3 is 2.47 bits per heavy atom. The van der Waals surface area contributed by atoms with Gasteiger partial charge in [0.15, 0.2) is 11.5 Å². The van der Waals surface area contributed by atoms with Crippen molar-refractivity contribution in [2.45, 2.75) is 19.9 Å². The molecule has 0 fully saturated rings. The number of fused-ring (bicyclic) bond motifs is 1. The Bertz CT molecular complexity index is 1100. The molecule has 0 bridgehead atoms. The van der Waals surface area contributed by atoms with E-state index >= 15 is 0 Å². The Morgan fingerprint density at radius 1 is 1.17 bits per heavy atom. The molecule has 0 aliphatic carbocycles. The van der Waals surface area contributed by atoms with Crippen molar-refractivity contribution >= 4 is 33.0 Å². The number of nitrogens with one attached hydrogen (secondary N) is 1. The molecule has 11 heteroatoms. The van der Waals surface area contributed by atoms with E-state index in [9.17, 15) is 23.3 Å². The summed E-state index contributed by atoms with van der Waals surface area (Å²) in [7, 11) is -3.93. The van der Waals surface area contributed by atoms with Gasteiger partial charge in [-0.3, -0.25) is 19.2 Å². The van der Waals surface area contributed by atoms with Crippen molar-refractivity contribution in [2.24, 2.45) is 0 Å². The van der Waals surface area contributed by atoms with Crippen LogP contribution >= 0.6 is 0 Å². The first-order valence-electron chi connectivity index (χ1n) is 9.03. The number of benzene rings is 2. The third-order valence-corrected chi connectivity index (χ3v) is 5.77. The highest BCUT2D eigenvalue weighted by molar-refractivity contribution is 7.92. The smallest absolute Gasteiger partial charge is 0.271 e. The quantitative estimate of drug-likeness (QED) is 0.545. The lowest BCUT2D eigenvalue weighted by atomic mass is 10.1. The summed E-state index contributed by atoms with van der Waals surface area (Å²) >= 11 is 0. The first-order valence-corrected chi connectivity index (χ1v) is 10.9. The highest BCUT2D eigenvalue weighted by Gasteiger charge is 2.31. The summed E-state index contributed by atoms with van der Waals surface area (Å²) in [6.07, 6.45) is 0.944. The van der Waals surface area contributed by atoms with Gasteiger partial charge in [-0.2, -0.15) is 0 Å². The number of nitrogens with zero attached hydrogens (tertiary/aromatic N) is 2. The average Bonchev–Trinajstić information content (AvgIpc) is 2.68. The second-order valence-electron chi connectivity index (χ2n) is 6.81. The molecule has 0 unspecified atom stereocenters. The van der Waals surface area contributed by atoms with Crippen LogP contribution in [0.2, 0.25) is 0 Å². The van der Waals surface area contributed by atoms with E-state index in [0.29, 0.717) is 36.0 Å². The summed E-state index contributed by atoms with van der Waals surface area (Å²) in [4.78, 5) is 23.4. The van der Waals surface area contributed by atoms with Gasteiger partial charge in [0, 0.05) is 23.9 Å². The van der Waals surface area contributed by atoms with Gasteiger partial charge in [0.1, 0.15) is 19.3 Å². The number of rotatable bonds is 6. The first kappa shape index (κ1) is 21.4.